The summed E-state index contributed by atoms with van der Waals surface area (Å²) in [4.78, 5) is 29.9. The minimum Gasteiger partial charge on any atom is -0.384 e. The third-order valence-corrected chi connectivity index (χ3v) is 4.90. The van der Waals surface area contributed by atoms with Gasteiger partial charge in [0.15, 0.2) is 0 Å². The number of carbonyl (C=O) groups is 1. The summed E-state index contributed by atoms with van der Waals surface area (Å²) in [5, 5.41) is 2.95. The zero-order valence-corrected chi connectivity index (χ0v) is 16.0. The van der Waals surface area contributed by atoms with Crippen molar-refractivity contribution in [3.05, 3.63) is 72.2 Å². The number of nitrogens with zero attached hydrogens (tertiary/aromatic N) is 5. The number of rotatable bonds is 5. The Kier molecular flexibility index (Phi) is 5.51. The molecule has 1 saturated heterocycles. The minimum atomic E-state index is -0.186. The predicted molar refractivity (Wildman–Crippen MR) is 113 cm³/mol. The highest BCUT2D eigenvalue weighted by molar-refractivity contribution is 5.94. The van der Waals surface area contributed by atoms with Crippen molar-refractivity contribution in [3.63, 3.8) is 0 Å². The van der Waals surface area contributed by atoms with Crippen LogP contribution < -0.4 is 20.9 Å². The summed E-state index contributed by atoms with van der Waals surface area (Å²) in [6.45, 7) is 3.82. The maximum Gasteiger partial charge on any atom is 0.251 e. The van der Waals surface area contributed by atoms with Crippen LogP contribution in [0.1, 0.15) is 15.9 Å². The minimum absolute atomic E-state index is 0.186. The summed E-state index contributed by atoms with van der Waals surface area (Å²) in [5.74, 6) is 2.04. The van der Waals surface area contributed by atoms with Gasteiger partial charge in [0.1, 0.15) is 17.5 Å². The molecule has 1 amide bonds. The van der Waals surface area contributed by atoms with Crippen molar-refractivity contribution in [3.8, 4) is 0 Å². The Balaban J connectivity index is 1.40. The molecule has 3 aromatic rings. The number of hydrogen-bond acceptors (Lipinski definition) is 7. The molecule has 4 heterocycles. The fourth-order valence-electron chi connectivity index (χ4n) is 3.41. The number of anilines is 3. The van der Waals surface area contributed by atoms with Crippen LogP contribution in [0, 0.1) is 0 Å². The van der Waals surface area contributed by atoms with Crippen LogP contribution in [0.15, 0.2) is 61.1 Å². The van der Waals surface area contributed by atoms with Gasteiger partial charge in [0, 0.05) is 62.4 Å². The largest absolute Gasteiger partial charge is 0.384 e. The predicted octanol–water partition coefficient (Wildman–Crippen LogP) is 1.71. The molecule has 148 valence electrons. The average molecular weight is 389 g/mol. The molecular weight excluding hydrogens is 366 g/mol. The molecule has 0 spiro atoms. The van der Waals surface area contributed by atoms with Crippen LogP contribution in [0.3, 0.4) is 0 Å². The number of pyridine rings is 3. The van der Waals surface area contributed by atoms with E-state index in [1.165, 1.54) is 6.20 Å². The first-order chi connectivity index (χ1) is 14.2. The van der Waals surface area contributed by atoms with Crippen LogP contribution in [-0.2, 0) is 6.54 Å². The number of nitrogen functional groups attached to an aromatic ring is 1. The summed E-state index contributed by atoms with van der Waals surface area (Å²) in [6, 6.07) is 13.1. The summed E-state index contributed by atoms with van der Waals surface area (Å²) < 4.78 is 0. The molecule has 8 nitrogen and oxygen atoms in total. The average Bonchev–Trinajstić information content (AvgIpc) is 2.78. The van der Waals surface area contributed by atoms with Gasteiger partial charge in [-0.3, -0.25) is 4.79 Å². The van der Waals surface area contributed by atoms with Crippen molar-refractivity contribution in [2.75, 3.05) is 41.7 Å². The number of carbonyl (C=O) groups excluding carboxylic acids is 1. The molecule has 0 saturated carbocycles. The molecule has 4 rings (SSSR count). The zero-order valence-electron chi connectivity index (χ0n) is 16.0. The Bertz CT molecular complexity index is 972. The Labute approximate surface area is 169 Å². The molecule has 0 radical (unpaired) electrons. The molecule has 1 aliphatic rings. The Morgan fingerprint density at radius 3 is 2.48 bits per heavy atom. The maximum atomic E-state index is 12.4. The van der Waals surface area contributed by atoms with E-state index >= 15 is 0 Å². The van der Waals surface area contributed by atoms with E-state index in [9.17, 15) is 4.79 Å². The van der Waals surface area contributed by atoms with E-state index in [-0.39, 0.29) is 5.91 Å². The van der Waals surface area contributed by atoms with E-state index in [2.05, 4.69) is 30.1 Å². The number of hydrogen-bond donors (Lipinski definition) is 2. The van der Waals surface area contributed by atoms with Gasteiger partial charge in [0.05, 0.1) is 0 Å². The van der Waals surface area contributed by atoms with Crippen molar-refractivity contribution < 1.29 is 4.79 Å². The quantitative estimate of drug-likeness (QED) is 0.685. The number of aromatic nitrogens is 3. The third-order valence-electron chi connectivity index (χ3n) is 4.90. The first kappa shape index (κ1) is 18.7. The van der Waals surface area contributed by atoms with Crippen molar-refractivity contribution in [2.45, 2.75) is 6.54 Å². The van der Waals surface area contributed by atoms with Crippen molar-refractivity contribution >= 4 is 23.4 Å². The highest BCUT2D eigenvalue weighted by Crippen LogP contribution is 2.21. The van der Waals surface area contributed by atoms with E-state index in [0.717, 1.165) is 43.4 Å². The molecule has 3 aromatic heterocycles. The molecule has 29 heavy (non-hydrogen) atoms. The van der Waals surface area contributed by atoms with Gasteiger partial charge in [-0.1, -0.05) is 12.1 Å². The lowest BCUT2D eigenvalue weighted by molar-refractivity contribution is 0.0951. The van der Waals surface area contributed by atoms with Crippen molar-refractivity contribution in [1.29, 1.82) is 0 Å². The SMILES string of the molecule is Nc1cc(C(=O)NCc2cccnc2N2CCN(c3ccccn3)CC2)ccn1. The highest BCUT2D eigenvalue weighted by atomic mass is 16.1. The van der Waals surface area contributed by atoms with Gasteiger partial charge in [-0.25, -0.2) is 15.0 Å². The van der Waals surface area contributed by atoms with E-state index in [4.69, 9.17) is 5.73 Å². The Morgan fingerprint density at radius 2 is 1.72 bits per heavy atom. The molecule has 0 aromatic carbocycles. The molecule has 0 bridgehead atoms. The molecule has 8 heteroatoms. The number of piperazine rings is 1. The van der Waals surface area contributed by atoms with Gasteiger partial charge >= 0.3 is 0 Å². The zero-order chi connectivity index (χ0) is 20.1. The number of nitrogens with two attached hydrogens (primary N) is 1. The van der Waals surface area contributed by atoms with Gasteiger partial charge in [0.2, 0.25) is 0 Å². The molecular formula is C21H23N7O. The molecule has 0 unspecified atom stereocenters. The van der Waals surface area contributed by atoms with E-state index < -0.39 is 0 Å². The number of amides is 1. The number of nitrogens with one attached hydrogen (secondary N) is 1. The van der Waals surface area contributed by atoms with Crippen molar-refractivity contribution in [1.82, 2.24) is 20.3 Å². The van der Waals surface area contributed by atoms with E-state index in [1.807, 2.05) is 36.5 Å². The molecule has 3 N–H and O–H groups in total. The van der Waals surface area contributed by atoms with Crippen LogP contribution in [0.2, 0.25) is 0 Å². The second-order valence-corrected chi connectivity index (χ2v) is 6.80. The molecule has 1 aliphatic heterocycles. The lowest BCUT2D eigenvalue weighted by atomic mass is 10.2. The fraction of sp³-hybridized carbons (Fsp3) is 0.238. The lowest BCUT2D eigenvalue weighted by Gasteiger charge is -2.36. The third kappa shape index (κ3) is 4.43. The lowest BCUT2D eigenvalue weighted by Crippen LogP contribution is -2.47. The second-order valence-electron chi connectivity index (χ2n) is 6.80. The van der Waals surface area contributed by atoms with Gasteiger partial charge in [0.25, 0.3) is 5.91 Å². The normalized spacial score (nSPS) is 13.9. The highest BCUT2D eigenvalue weighted by Gasteiger charge is 2.21. The van der Waals surface area contributed by atoms with Crippen LogP contribution in [0.4, 0.5) is 17.5 Å². The summed E-state index contributed by atoms with van der Waals surface area (Å²) in [5.41, 5.74) is 7.14. The van der Waals surface area contributed by atoms with E-state index in [1.54, 1.807) is 18.3 Å². The van der Waals surface area contributed by atoms with Crippen LogP contribution in [0.5, 0.6) is 0 Å². The monoisotopic (exact) mass is 389 g/mol. The fourth-order valence-corrected chi connectivity index (χ4v) is 3.41. The summed E-state index contributed by atoms with van der Waals surface area (Å²) in [7, 11) is 0. The van der Waals surface area contributed by atoms with Gasteiger partial charge in [-0.05, 0) is 30.3 Å². The van der Waals surface area contributed by atoms with Gasteiger partial charge < -0.3 is 20.9 Å². The molecule has 1 fully saturated rings. The van der Waals surface area contributed by atoms with E-state index in [0.29, 0.717) is 17.9 Å². The van der Waals surface area contributed by atoms with Crippen LogP contribution >= 0.6 is 0 Å². The second kappa shape index (κ2) is 8.55. The Hall–Kier alpha value is -3.68. The smallest absolute Gasteiger partial charge is 0.251 e. The van der Waals surface area contributed by atoms with Crippen LogP contribution in [-0.4, -0.2) is 47.0 Å². The maximum absolute atomic E-state index is 12.4. The Morgan fingerprint density at radius 1 is 0.931 bits per heavy atom. The molecule has 0 atom stereocenters. The first-order valence-corrected chi connectivity index (χ1v) is 9.55. The van der Waals surface area contributed by atoms with Gasteiger partial charge in [-0.2, -0.15) is 0 Å². The van der Waals surface area contributed by atoms with Crippen molar-refractivity contribution in [2.24, 2.45) is 0 Å². The molecule has 0 aliphatic carbocycles. The summed E-state index contributed by atoms with van der Waals surface area (Å²) >= 11 is 0. The summed E-state index contributed by atoms with van der Waals surface area (Å²) in [6.07, 6.45) is 5.13. The topological polar surface area (TPSA) is 100 Å². The van der Waals surface area contributed by atoms with Gasteiger partial charge in [-0.15, -0.1) is 0 Å². The van der Waals surface area contributed by atoms with Crippen LogP contribution in [0.25, 0.3) is 0 Å². The standard InChI is InChI=1S/C21H23N7O/c22-18-14-16(6-9-23-18)21(29)26-15-17-4-3-8-25-20(17)28-12-10-27(11-13-28)19-5-1-2-7-24-19/h1-9,14H,10-13,15H2,(H2,22,23)(H,26,29). The first-order valence-electron chi connectivity index (χ1n) is 9.55.